The molecule has 23 rings (SSSR count). The number of para-hydroxylation sites is 5. The fourth-order valence-electron chi connectivity index (χ4n) is 19.0. The zero-order valence-electron chi connectivity index (χ0n) is 59.8. The first kappa shape index (κ1) is 63.2. The second-order valence-corrected chi connectivity index (χ2v) is 32.4. The maximum atomic E-state index is 7.39. The standard InChI is InChI=1S/C102H64ClN3O2S2/c1-101(2)81-39-15-10-32-70(81)74-38-22-37-69(98(74)101)61-26-21-31-67(53-61)104(68-57-76(99-79(58-68)73-35-14-19-47-92(73)108-99)62-49-52-87-77(54-62)71-33-12-17-43-86(71)105(87)65-27-5-3-6-28-65)88-44-23-41-84-97(88)75-36-11-16-40-82(75)102(84)83-51-50-64(103)56-96(83)110-100-85(102)42-24-45-89(100)106(66-29-7-4-8-30-66)90-60-93-78(72-34-13-18-46-91(72)107-93)59-80(90)95-55-63-25-9-20-48-94(63)109-95/h3-60H,1-2H3. The lowest BCUT2D eigenvalue weighted by atomic mass is 9.67. The minimum absolute atomic E-state index is 0.260. The molecule has 2 aliphatic carbocycles. The summed E-state index contributed by atoms with van der Waals surface area (Å²) in [5.74, 6) is 0. The van der Waals surface area contributed by atoms with Gasteiger partial charge in [0.05, 0.1) is 33.5 Å². The highest BCUT2D eigenvalue weighted by Gasteiger charge is 2.52. The van der Waals surface area contributed by atoms with Crippen molar-refractivity contribution >= 4 is 145 Å². The van der Waals surface area contributed by atoms with Crippen molar-refractivity contribution < 1.29 is 8.83 Å². The number of rotatable bonds is 10. The molecule has 1 atom stereocenters. The van der Waals surface area contributed by atoms with Crippen molar-refractivity contribution in [3.63, 3.8) is 0 Å². The second kappa shape index (κ2) is 24.1. The topological polar surface area (TPSA) is 37.7 Å². The molecule has 0 N–H and O–H groups in total. The van der Waals surface area contributed by atoms with Crippen molar-refractivity contribution in [3.8, 4) is 60.6 Å². The van der Waals surface area contributed by atoms with E-state index in [1.165, 1.54) is 70.4 Å². The third-order valence-corrected chi connectivity index (χ3v) is 26.2. The van der Waals surface area contributed by atoms with Crippen LogP contribution in [-0.2, 0) is 10.8 Å². The van der Waals surface area contributed by atoms with Crippen LogP contribution in [-0.4, -0.2) is 4.57 Å². The summed E-state index contributed by atoms with van der Waals surface area (Å²) in [5.41, 5.74) is 29.5. The van der Waals surface area contributed by atoms with Crippen LogP contribution in [0.25, 0.3) is 136 Å². The third-order valence-electron chi connectivity index (χ3n) is 23.6. The highest BCUT2D eigenvalue weighted by atomic mass is 35.5. The Hall–Kier alpha value is -12.9. The quantitative estimate of drug-likeness (QED) is 0.136. The molecule has 0 fully saturated rings. The predicted molar refractivity (Wildman–Crippen MR) is 460 cm³/mol. The van der Waals surface area contributed by atoms with Crippen LogP contribution in [0, 0.1) is 0 Å². The van der Waals surface area contributed by atoms with Gasteiger partial charge in [-0.2, -0.15) is 0 Å². The summed E-state index contributed by atoms with van der Waals surface area (Å²) in [6.07, 6.45) is 0. The van der Waals surface area contributed by atoms with Gasteiger partial charge in [-0.3, -0.25) is 0 Å². The van der Waals surface area contributed by atoms with E-state index in [2.05, 4.69) is 380 Å². The van der Waals surface area contributed by atoms with Gasteiger partial charge < -0.3 is 23.2 Å². The van der Waals surface area contributed by atoms with E-state index in [-0.39, 0.29) is 5.41 Å². The number of anilines is 6. The van der Waals surface area contributed by atoms with Gasteiger partial charge in [0.2, 0.25) is 0 Å². The van der Waals surface area contributed by atoms with Gasteiger partial charge in [-0.1, -0.05) is 262 Å². The Balaban J connectivity index is 0.790. The fourth-order valence-corrected chi connectivity index (χ4v) is 21.7. The summed E-state index contributed by atoms with van der Waals surface area (Å²) < 4.78 is 17.7. The molecule has 5 nitrogen and oxygen atoms in total. The van der Waals surface area contributed by atoms with Crippen molar-refractivity contribution in [3.05, 3.63) is 390 Å². The summed E-state index contributed by atoms with van der Waals surface area (Å²) in [6, 6.07) is 130. The highest BCUT2D eigenvalue weighted by Crippen LogP contribution is 2.67. The Morgan fingerprint density at radius 2 is 1.00 bits per heavy atom. The van der Waals surface area contributed by atoms with Crippen LogP contribution in [0.5, 0.6) is 0 Å². The average molecular weight is 1460 g/mol. The number of thiophene rings is 1. The lowest BCUT2D eigenvalue weighted by Gasteiger charge is -2.41. The highest BCUT2D eigenvalue weighted by molar-refractivity contribution is 7.99. The van der Waals surface area contributed by atoms with Crippen LogP contribution in [0.15, 0.2) is 370 Å². The van der Waals surface area contributed by atoms with Crippen LogP contribution in [0.2, 0.25) is 5.02 Å². The summed E-state index contributed by atoms with van der Waals surface area (Å²) in [5, 5.41) is 8.47. The van der Waals surface area contributed by atoms with E-state index in [4.69, 9.17) is 20.4 Å². The second-order valence-electron chi connectivity index (χ2n) is 29.8. The van der Waals surface area contributed by atoms with Gasteiger partial charge in [0.15, 0.2) is 0 Å². The van der Waals surface area contributed by atoms with Crippen LogP contribution in [0.1, 0.15) is 47.2 Å². The van der Waals surface area contributed by atoms with Crippen molar-refractivity contribution in [2.24, 2.45) is 0 Å². The van der Waals surface area contributed by atoms with Gasteiger partial charge >= 0.3 is 0 Å². The molecule has 3 aliphatic rings. The number of hydrogen-bond acceptors (Lipinski definition) is 6. The molecule has 20 aromatic rings. The summed E-state index contributed by atoms with van der Waals surface area (Å²) >= 11 is 11.0. The van der Waals surface area contributed by atoms with Gasteiger partial charge in [0.1, 0.15) is 22.3 Å². The number of hydrogen-bond donors (Lipinski definition) is 0. The van der Waals surface area contributed by atoms with Crippen LogP contribution < -0.4 is 9.80 Å². The summed E-state index contributed by atoms with van der Waals surface area (Å²) in [6.45, 7) is 4.78. The first-order valence-electron chi connectivity index (χ1n) is 37.5. The smallest absolute Gasteiger partial charge is 0.143 e. The largest absolute Gasteiger partial charge is 0.456 e. The van der Waals surface area contributed by atoms with Gasteiger partial charge in [-0.05, 0) is 193 Å². The molecular weight excluding hydrogens is 1400 g/mol. The minimum atomic E-state index is -0.874. The molecule has 0 saturated heterocycles. The number of aromatic nitrogens is 1. The maximum Gasteiger partial charge on any atom is 0.143 e. The van der Waals surface area contributed by atoms with Crippen LogP contribution in [0.3, 0.4) is 0 Å². The average Bonchev–Trinajstić information content (AvgIpc) is 1.48. The number of nitrogens with zero attached hydrogens (tertiary/aromatic N) is 3. The Morgan fingerprint density at radius 1 is 0.355 bits per heavy atom. The fraction of sp³-hybridized carbons (Fsp3) is 0.0392. The van der Waals surface area contributed by atoms with Gasteiger partial charge in [0.25, 0.3) is 0 Å². The zero-order valence-corrected chi connectivity index (χ0v) is 62.2. The van der Waals surface area contributed by atoms with Crippen molar-refractivity contribution in [2.45, 2.75) is 34.5 Å². The molecule has 0 saturated carbocycles. The lowest BCUT2D eigenvalue weighted by molar-refractivity contribution is 0.662. The maximum absolute atomic E-state index is 7.39. The normalized spacial score (nSPS) is 14.4. The molecular formula is C102H64ClN3O2S2. The molecule has 4 aromatic heterocycles. The molecule has 1 unspecified atom stereocenters. The molecule has 1 spiro atoms. The minimum Gasteiger partial charge on any atom is -0.456 e. The Bertz CT molecular complexity index is 7250. The van der Waals surface area contributed by atoms with E-state index in [0.29, 0.717) is 5.02 Å². The Labute approximate surface area is 648 Å². The van der Waals surface area contributed by atoms with Crippen LogP contribution in [0.4, 0.5) is 34.1 Å². The number of benzene rings is 16. The molecule has 8 heteroatoms. The van der Waals surface area contributed by atoms with E-state index in [0.717, 1.165) is 143 Å². The Kier molecular flexibility index (Phi) is 13.8. The van der Waals surface area contributed by atoms with E-state index in [1.54, 1.807) is 0 Å². The Morgan fingerprint density at radius 3 is 1.85 bits per heavy atom. The number of furan rings is 2. The molecule has 5 heterocycles. The van der Waals surface area contributed by atoms with Crippen LogP contribution >= 0.6 is 34.7 Å². The van der Waals surface area contributed by atoms with E-state index < -0.39 is 5.41 Å². The molecule has 0 amide bonds. The van der Waals surface area contributed by atoms with Crippen molar-refractivity contribution in [1.29, 1.82) is 0 Å². The molecule has 1 aliphatic heterocycles. The molecule has 110 heavy (non-hydrogen) atoms. The summed E-state index contributed by atoms with van der Waals surface area (Å²) in [7, 11) is 0. The molecule has 0 bridgehead atoms. The monoisotopic (exact) mass is 1460 g/mol. The van der Waals surface area contributed by atoms with Crippen molar-refractivity contribution in [1.82, 2.24) is 4.57 Å². The third kappa shape index (κ3) is 9.17. The number of halogens is 1. The molecule has 518 valence electrons. The first-order chi connectivity index (χ1) is 54.2. The van der Waals surface area contributed by atoms with E-state index in [9.17, 15) is 0 Å². The van der Waals surface area contributed by atoms with Gasteiger partial charge in [-0.15, -0.1) is 11.3 Å². The van der Waals surface area contributed by atoms with Gasteiger partial charge in [0, 0.05) is 108 Å². The van der Waals surface area contributed by atoms with E-state index >= 15 is 0 Å². The molecule has 16 aromatic carbocycles. The molecule has 0 radical (unpaired) electrons. The van der Waals surface area contributed by atoms with Gasteiger partial charge in [-0.25, -0.2) is 0 Å². The lowest BCUT2D eigenvalue weighted by Crippen LogP contribution is -2.32. The SMILES string of the molecule is CC1(C)c2ccccc2-c2cccc(-c3cccc(N(c4cc(-c5ccc6c(c5)c5ccccc5n6-c5ccccc5)c5oc6ccccc6c5c4)c4cccc5c4-c4ccccc4C54c5ccc(Cl)cc5Sc5c(N(c6ccccc6)c6cc7oc8ccccc8c7cc6-c6cc7ccccc7s6)cccc54)c3)c21. The first-order valence-corrected chi connectivity index (χ1v) is 39.5. The number of fused-ring (bicyclic) bond motifs is 22. The van der Waals surface area contributed by atoms with Crippen molar-refractivity contribution in [2.75, 3.05) is 9.80 Å². The predicted octanol–water partition coefficient (Wildman–Crippen LogP) is 29.5. The zero-order chi connectivity index (χ0) is 72.7. The summed E-state index contributed by atoms with van der Waals surface area (Å²) in [4.78, 5) is 8.44. The van der Waals surface area contributed by atoms with E-state index in [1.807, 2.05) is 23.1 Å².